The Morgan fingerprint density at radius 3 is 2.22 bits per heavy atom. The van der Waals surface area contributed by atoms with Gasteiger partial charge in [0.2, 0.25) is 23.5 Å². The second-order valence-electron chi connectivity index (χ2n) is 14.7. The van der Waals surface area contributed by atoms with E-state index in [1.807, 2.05) is 13.8 Å². The van der Waals surface area contributed by atoms with Gasteiger partial charge in [-0.25, -0.2) is 4.98 Å². The minimum atomic E-state index is -1.02. The zero-order chi connectivity index (χ0) is 36.8. The highest BCUT2D eigenvalue weighted by Gasteiger charge is 2.46. The van der Waals surface area contributed by atoms with Crippen LogP contribution in [0.2, 0.25) is 0 Å². The first-order chi connectivity index (χ1) is 24.6. The lowest BCUT2D eigenvalue weighted by atomic mass is 9.83. The van der Waals surface area contributed by atoms with Gasteiger partial charge in [-0.15, -0.1) is 6.58 Å². The van der Waals surface area contributed by atoms with E-state index in [0.717, 1.165) is 64.2 Å². The molecule has 13 nitrogen and oxygen atoms in total. The van der Waals surface area contributed by atoms with E-state index >= 15 is 0 Å². The monoisotopic (exact) mass is 707 g/mol. The molecule has 3 aliphatic rings. The maximum Gasteiger partial charge on any atom is 0.289 e. The molecule has 51 heavy (non-hydrogen) atoms. The van der Waals surface area contributed by atoms with Crippen LogP contribution < -0.4 is 21.3 Å². The van der Waals surface area contributed by atoms with Gasteiger partial charge in [0.25, 0.3) is 11.8 Å². The van der Waals surface area contributed by atoms with E-state index in [9.17, 15) is 28.8 Å². The third kappa shape index (κ3) is 11.2. The van der Waals surface area contributed by atoms with Gasteiger partial charge in [0, 0.05) is 25.5 Å². The van der Waals surface area contributed by atoms with Gasteiger partial charge >= 0.3 is 0 Å². The number of nitrogens with one attached hydrogen (secondary N) is 4. The van der Waals surface area contributed by atoms with Crippen molar-refractivity contribution in [2.45, 2.75) is 134 Å². The summed E-state index contributed by atoms with van der Waals surface area (Å²) in [6, 6.07) is -3.67. The molecule has 0 radical (unpaired) electrons. The lowest BCUT2D eigenvalue weighted by Crippen LogP contribution is -2.60. The van der Waals surface area contributed by atoms with Crippen molar-refractivity contribution < 1.29 is 28.8 Å². The van der Waals surface area contributed by atoms with Crippen molar-refractivity contribution in [3.63, 3.8) is 0 Å². The number of rotatable bonds is 10. The van der Waals surface area contributed by atoms with Crippen LogP contribution >= 0.6 is 0 Å². The first-order valence-electron chi connectivity index (χ1n) is 19.0. The lowest BCUT2D eigenvalue weighted by molar-refractivity contribution is -0.144. The molecule has 3 heterocycles. The zero-order valence-corrected chi connectivity index (χ0v) is 30.4. The average Bonchev–Trinajstić information content (AvgIpc) is 3.60. The van der Waals surface area contributed by atoms with E-state index in [2.05, 4.69) is 37.8 Å². The minimum Gasteiger partial charge on any atom is -0.346 e. The summed E-state index contributed by atoms with van der Waals surface area (Å²) >= 11 is 0. The fraction of sp³-hybridized carbons (Fsp3) is 0.684. The summed E-state index contributed by atoms with van der Waals surface area (Å²) in [6.07, 6.45) is 17.5. The van der Waals surface area contributed by atoms with Gasteiger partial charge in [0.15, 0.2) is 0 Å². The normalized spacial score (nSPS) is 24.9. The molecule has 1 aromatic rings. The van der Waals surface area contributed by atoms with E-state index in [0.29, 0.717) is 38.6 Å². The molecule has 13 heteroatoms. The molecule has 3 fully saturated rings. The van der Waals surface area contributed by atoms with Crippen LogP contribution in [0.1, 0.15) is 121 Å². The Morgan fingerprint density at radius 1 is 0.922 bits per heavy atom. The van der Waals surface area contributed by atoms with Gasteiger partial charge in [-0.3, -0.25) is 33.8 Å². The summed E-state index contributed by atoms with van der Waals surface area (Å²) in [7, 11) is 0. The molecule has 4 rings (SSSR count). The number of hydrogen-bond acceptors (Lipinski definition) is 8. The third-order valence-electron chi connectivity index (χ3n) is 10.7. The second-order valence-corrected chi connectivity index (χ2v) is 14.7. The quantitative estimate of drug-likeness (QED) is 0.211. The summed E-state index contributed by atoms with van der Waals surface area (Å²) in [5.74, 6) is -3.49. The van der Waals surface area contributed by atoms with Gasteiger partial charge in [-0.2, -0.15) is 0 Å². The Balaban J connectivity index is 1.60. The fourth-order valence-corrected chi connectivity index (χ4v) is 7.83. The number of aromatic nitrogens is 2. The Morgan fingerprint density at radius 2 is 1.57 bits per heavy atom. The smallest absolute Gasteiger partial charge is 0.289 e. The van der Waals surface area contributed by atoms with Crippen molar-refractivity contribution in [2.24, 2.45) is 17.8 Å². The van der Waals surface area contributed by atoms with E-state index in [-0.39, 0.29) is 35.9 Å². The Kier molecular flexibility index (Phi) is 15.6. The van der Waals surface area contributed by atoms with Gasteiger partial charge in [-0.05, 0) is 49.9 Å². The maximum atomic E-state index is 14.5. The predicted molar refractivity (Wildman–Crippen MR) is 192 cm³/mol. The largest absolute Gasteiger partial charge is 0.346 e. The van der Waals surface area contributed by atoms with Crippen LogP contribution in [-0.4, -0.2) is 87.4 Å². The molecule has 1 aromatic heterocycles. The number of ketones is 1. The van der Waals surface area contributed by atoms with Crippen molar-refractivity contribution in [1.82, 2.24) is 36.1 Å². The van der Waals surface area contributed by atoms with Gasteiger partial charge in [-0.1, -0.05) is 84.1 Å². The molecule has 2 saturated heterocycles. The summed E-state index contributed by atoms with van der Waals surface area (Å²) in [6.45, 7) is 8.04. The van der Waals surface area contributed by atoms with Crippen LogP contribution in [0.15, 0.2) is 31.2 Å². The maximum absolute atomic E-state index is 14.5. The van der Waals surface area contributed by atoms with E-state index in [1.165, 1.54) is 24.7 Å². The zero-order valence-electron chi connectivity index (χ0n) is 30.4. The summed E-state index contributed by atoms with van der Waals surface area (Å²) in [4.78, 5) is 91.7. The molecule has 5 amide bonds. The van der Waals surface area contributed by atoms with E-state index in [1.54, 1.807) is 4.90 Å². The number of nitrogens with zero attached hydrogens (tertiary/aromatic N) is 3. The molecular weight excluding hydrogens is 650 g/mol. The summed E-state index contributed by atoms with van der Waals surface area (Å²) in [5.41, 5.74) is 0.104. The Hall–Kier alpha value is -4.16. The van der Waals surface area contributed by atoms with E-state index < -0.39 is 53.6 Å². The van der Waals surface area contributed by atoms with E-state index in [4.69, 9.17) is 0 Å². The molecule has 5 atom stereocenters. The highest BCUT2D eigenvalue weighted by atomic mass is 16.2. The molecule has 1 saturated carbocycles. The van der Waals surface area contributed by atoms with Crippen molar-refractivity contribution in [1.29, 1.82) is 0 Å². The number of carbonyl (C=O) groups excluding carboxylic acids is 6. The van der Waals surface area contributed by atoms with Crippen LogP contribution in [0.25, 0.3) is 0 Å². The van der Waals surface area contributed by atoms with Crippen LogP contribution in [0.4, 0.5) is 0 Å². The molecule has 0 unspecified atom stereocenters. The fourth-order valence-electron chi connectivity index (χ4n) is 7.83. The SMILES string of the molecule is C=CCNC(=O)C(=O)[C@@H]1CCCCCCCCC[C@H](NC(=O)[C@@H](NC(=O)c2cnccn2)C2CCCCC2)C(=O)N2CC[C@H](C(C)C)[C@H]2C(=O)N1. The molecular formula is C38H57N7O6. The predicted octanol–water partition coefficient (Wildman–Crippen LogP) is 3.39. The minimum absolute atomic E-state index is 0.0502. The van der Waals surface area contributed by atoms with Gasteiger partial charge < -0.3 is 26.2 Å². The van der Waals surface area contributed by atoms with Crippen LogP contribution in [0.5, 0.6) is 0 Å². The molecule has 0 aromatic carbocycles. The van der Waals surface area contributed by atoms with Crippen LogP contribution in [0.3, 0.4) is 0 Å². The Bertz CT molecular complexity index is 1370. The van der Waals surface area contributed by atoms with Crippen molar-refractivity contribution in [3.05, 3.63) is 36.9 Å². The molecule has 0 spiro atoms. The molecule has 280 valence electrons. The number of Topliss-reactive ketones (excluding diaryl/α,β-unsaturated/α-hetero) is 1. The summed E-state index contributed by atoms with van der Waals surface area (Å²) in [5, 5.41) is 11.3. The average molecular weight is 708 g/mol. The third-order valence-corrected chi connectivity index (χ3v) is 10.7. The van der Waals surface area contributed by atoms with Gasteiger partial charge in [0.05, 0.1) is 12.2 Å². The first-order valence-corrected chi connectivity index (χ1v) is 19.0. The molecule has 4 N–H and O–H groups in total. The molecule has 2 aliphatic heterocycles. The van der Waals surface area contributed by atoms with Gasteiger partial charge in [0.1, 0.15) is 23.8 Å². The number of carbonyl (C=O) groups is 6. The number of fused-ring (bicyclic) bond motifs is 1. The lowest BCUT2D eigenvalue weighted by Gasteiger charge is -2.34. The topological polar surface area (TPSA) is 180 Å². The highest BCUT2D eigenvalue weighted by molar-refractivity contribution is 6.38. The Labute approximate surface area is 302 Å². The van der Waals surface area contributed by atoms with Crippen molar-refractivity contribution >= 4 is 35.3 Å². The standard InChI is InChI=1S/C38H57N7O6/c1-4-20-41-37(50)33(46)28-17-13-8-6-5-7-9-14-18-29(38(51)45-23-19-27(25(2)3)32(45)36(49)42-28)43-35(48)31(26-15-11-10-12-16-26)44-34(47)30-24-39-21-22-40-30/h4,21-22,24-29,31-32H,1,5-20,23H2,2-3H3,(H,41,50)(H,42,49)(H,43,48)(H,44,47)/t27-,28+,29+,31+,32+/m1/s1. The summed E-state index contributed by atoms with van der Waals surface area (Å²) < 4.78 is 0. The second kappa shape index (κ2) is 20.0. The number of amides is 5. The van der Waals surface area contributed by atoms with Crippen molar-refractivity contribution in [2.75, 3.05) is 13.1 Å². The molecule has 1 aliphatic carbocycles. The van der Waals surface area contributed by atoms with Crippen LogP contribution in [0, 0.1) is 17.8 Å². The van der Waals surface area contributed by atoms with Crippen molar-refractivity contribution in [3.8, 4) is 0 Å². The molecule has 0 bridgehead atoms. The van der Waals surface area contributed by atoms with Crippen LogP contribution in [-0.2, 0) is 24.0 Å². The number of hydrogen-bond donors (Lipinski definition) is 4. The first kappa shape index (κ1) is 39.6. The highest BCUT2D eigenvalue weighted by Crippen LogP contribution is 2.32.